The van der Waals surface area contributed by atoms with Crippen molar-refractivity contribution in [3.8, 4) is 0 Å². The van der Waals surface area contributed by atoms with E-state index in [1.807, 2.05) is 37.3 Å². The number of hydrogen-bond donors (Lipinski definition) is 1. The number of halogens is 2. The zero-order chi connectivity index (χ0) is 19.1. The molecule has 6 heteroatoms. The highest BCUT2D eigenvalue weighted by molar-refractivity contribution is 6.31. The van der Waals surface area contributed by atoms with Crippen LogP contribution in [0.5, 0.6) is 0 Å². The lowest BCUT2D eigenvalue weighted by Crippen LogP contribution is -2.48. The van der Waals surface area contributed by atoms with E-state index >= 15 is 0 Å². The van der Waals surface area contributed by atoms with Crippen molar-refractivity contribution < 1.29 is 9.59 Å². The first-order valence-electron chi connectivity index (χ1n) is 8.45. The van der Waals surface area contributed by atoms with Gasteiger partial charge in [0.2, 0.25) is 11.8 Å². The third kappa shape index (κ3) is 5.23. The summed E-state index contributed by atoms with van der Waals surface area (Å²) < 4.78 is 0. The molecule has 0 aliphatic rings. The number of hydrogen-bond acceptors (Lipinski definition) is 2. The number of carbonyl (C=O) groups excluding carboxylic acids is 2. The molecule has 0 fully saturated rings. The average molecular weight is 393 g/mol. The fraction of sp³-hybridized carbons (Fsp3) is 0.300. The van der Waals surface area contributed by atoms with E-state index < -0.39 is 6.04 Å². The van der Waals surface area contributed by atoms with Gasteiger partial charge in [0.1, 0.15) is 6.04 Å². The van der Waals surface area contributed by atoms with E-state index in [0.717, 1.165) is 11.1 Å². The molecule has 0 heterocycles. The molecular weight excluding hydrogens is 371 g/mol. The van der Waals surface area contributed by atoms with E-state index in [1.165, 1.54) is 0 Å². The summed E-state index contributed by atoms with van der Waals surface area (Å²) in [7, 11) is 1.57. The van der Waals surface area contributed by atoms with Gasteiger partial charge in [0.25, 0.3) is 0 Å². The van der Waals surface area contributed by atoms with Gasteiger partial charge < -0.3 is 10.2 Å². The van der Waals surface area contributed by atoms with Crippen molar-refractivity contribution in [1.29, 1.82) is 0 Å². The van der Waals surface area contributed by atoms with E-state index in [0.29, 0.717) is 16.5 Å². The van der Waals surface area contributed by atoms with Crippen LogP contribution in [0.1, 0.15) is 24.5 Å². The van der Waals surface area contributed by atoms with E-state index in [9.17, 15) is 9.59 Å². The largest absolute Gasteiger partial charge is 0.357 e. The smallest absolute Gasteiger partial charge is 0.242 e. The first-order chi connectivity index (χ1) is 12.5. The monoisotopic (exact) mass is 392 g/mol. The molecule has 0 saturated heterocycles. The predicted octanol–water partition coefficient (Wildman–Crippen LogP) is 4.09. The minimum atomic E-state index is -0.559. The molecule has 2 amide bonds. The van der Waals surface area contributed by atoms with Crippen LogP contribution >= 0.6 is 23.2 Å². The van der Waals surface area contributed by atoms with Gasteiger partial charge in [0, 0.05) is 23.6 Å². The van der Waals surface area contributed by atoms with Crippen molar-refractivity contribution in [3.05, 3.63) is 69.7 Å². The van der Waals surface area contributed by atoms with Crippen LogP contribution < -0.4 is 5.32 Å². The molecule has 1 atom stereocenters. The molecule has 0 saturated carbocycles. The van der Waals surface area contributed by atoms with Crippen LogP contribution in [0.15, 0.2) is 48.5 Å². The average Bonchev–Trinajstić information content (AvgIpc) is 2.64. The first-order valence-corrected chi connectivity index (χ1v) is 9.20. The molecule has 2 aromatic carbocycles. The summed E-state index contributed by atoms with van der Waals surface area (Å²) in [5, 5.41) is 3.83. The Balaban J connectivity index is 2.29. The van der Waals surface area contributed by atoms with Crippen LogP contribution in [0.4, 0.5) is 0 Å². The fourth-order valence-electron chi connectivity index (χ4n) is 2.77. The quantitative estimate of drug-likeness (QED) is 0.771. The maximum atomic E-state index is 13.0. The number of amides is 2. The van der Waals surface area contributed by atoms with Crippen molar-refractivity contribution in [2.75, 3.05) is 7.05 Å². The van der Waals surface area contributed by atoms with Gasteiger partial charge in [-0.15, -0.1) is 0 Å². The Hall–Kier alpha value is -2.04. The number of nitrogens with one attached hydrogen (secondary N) is 1. The highest BCUT2D eigenvalue weighted by Gasteiger charge is 2.28. The van der Waals surface area contributed by atoms with Crippen LogP contribution in [0.3, 0.4) is 0 Å². The molecule has 0 bridgehead atoms. The van der Waals surface area contributed by atoms with E-state index in [4.69, 9.17) is 23.2 Å². The van der Waals surface area contributed by atoms with Crippen LogP contribution in [0.25, 0.3) is 0 Å². The molecule has 0 radical (unpaired) electrons. The predicted molar refractivity (Wildman–Crippen MR) is 105 cm³/mol. The van der Waals surface area contributed by atoms with E-state index in [1.54, 1.807) is 30.1 Å². The van der Waals surface area contributed by atoms with Gasteiger partial charge in [0.05, 0.1) is 6.42 Å². The van der Waals surface area contributed by atoms with Crippen molar-refractivity contribution >= 4 is 35.0 Å². The second-order valence-electron chi connectivity index (χ2n) is 5.95. The summed E-state index contributed by atoms with van der Waals surface area (Å²) in [6.45, 7) is 2.16. The number of benzene rings is 2. The Morgan fingerprint density at radius 3 is 2.31 bits per heavy atom. The van der Waals surface area contributed by atoms with Crippen molar-refractivity contribution in [1.82, 2.24) is 10.2 Å². The molecule has 0 aliphatic carbocycles. The highest BCUT2D eigenvalue weighted by Crippen LogP contribution is 2.21. The maximum Gasteiger partial charge on any atom is 0.242 e. The summed E-state index contributed by atoms with van der Waals surface area (Å²) in [6, 6.07) is 13.9. The Morgan fingerprint density at radius 2 is 1.73 bits per heavy atom. The van der Waals surface area contributed by atoms with Crippen molar-refractivity contribution in [3.63, 3.8) is 0 Å². The lowest BCUT2D eigenvalue weighted by molar-refractivity contribution is -0.140. The number of carbonyl (C=O) groups is 2. The number of rotatable bonds is 7. The molecule has 1 unspecified atom stereocenters. The second kappa shape index (κ2) is 9.60. The molecule has 2 rings (SSSR count). The zero-order valence-electron chi connectivity index (χ0n) is 14.8. The molecular formula is C20H22Cl2N2O2. The lowest BCUT2D eigenvalue weighted by atomic mass is 10.1. The van der Waals surface area contributed by atoms with Gasteiger partial charge >= 0.3 is 0 Å². The van der Waals surface area contributed by atoms with Crippen LogP contribution in [-0.2, 0) is 22.6 Å². The molecule has 2 aromatic rings. The maximum absolute atomic E-state index is 13.0. The van der Waals surface area contributed by atoms with Crippen molar-refractivity contribution in [2.24, 2.45) is 0 Å². The molecule has 4 nitrogen and oxygen atoms in total. The van der Waals surface area contributed by atoms with E-state index in [-0.39, 0.29) is 24.8 Å². The normalized spacial score (nSPS) is 11.7. The Labute approximate surface area is 164 Å². The third-order valence-corrected chi connectivity index (χ3v) is 4.82. The third-order valence-electron chi connectivity index (χ3n) is 4.20. The van der Waals surface area contributed by atoms with Crippen LogP contribution in [0, 0.1) is 0 Å². The number of nitrogens with zero attached hydrogens (tertiary/aromatic N) is 1. The second-order valence-corrected chi connectivity index (χ2v) is 6.80. The topological polar surface area (TPSA) is 49.4 Å². The summed E-state index contributed by atoms with van der Waals surface area (Å²) in [4.78, 5) is 26.9. The summed E-state index contributed by atoms with van der Waals surface area (Å²) in [6.07, 6.45) is 0.700. The van der Waals surface area contributed by atoms with Crippen LogP contribution in [-0.4, -0.2) is 29.8 Å². The van der Waals surface area contributed by atoms with Gasteiger partial charge in [-0.2, -0.15) is 0 Å². The summed E-state index contributed by atoms with van der Waals surface area (Å²) in [5.41, 5.74) is 1.65. The van der Waals surface area contributed by atoms with Gasteiger partial charge in [0.15, 0.2) is 0 Å². The van der Waals surface area contributed by atoms with Crippen LogP contribution in [0.2, 0.25) is 10.0 Å². The minimum absolute atomic E-state index is 0.136. The standard InChI is InChI=1S/C20H22Cl2N2O2/c1-3-18(20(26)23-2)24(13-15-6-4-5-7-17(15)22)19(25)12-14-8-10-16(21)11-9-14/h4-11,18H,3,12-13H2,1-2H3,(H,23,26). The molecule has 26 heavy (non-hydrogen) atoms. The summed E-state index contributed by atoms with van der Waals surface area (Å²) >= 11 is 12.2. The SMILES string of the molecule is CCC(C(=O)NC)N(Cc1ccccc1Cl)C(=O)Cc1ccc(Cl)cc1. The molecule has 138 valence electrons. The van der Waals surface area contributed by atoms with Gasteiger partial charge in [-0.05, 0) is 35.7 Å². The van der Waals surface area contributed by atoms with Gasteiger partial charge in [-0.1, -0.05) is 60.5 Å². The zero-order valence-corrected chi connectivity index (χ0v) is 16.3. The molecule has 0 aliphatic heterocycles. The van der Waals surface area contributed by atoms with Crippen molar-refractivity contribution in [2.45, 2.75) is 32.4 Å². The molecule has 1 N–H and O–H groups in total. The molecule has 0 aromatic heterocycles. The first kappa shape index (κ1) is 20.3. The Bertz CT molecular complexity index is 763. The van der Waals surface area contributed by atoms with Gasteiger partial charge in [-0.3, -0.25) is 9.59 Å². The Kier molecular flexibility index (Phi) is 7.49. The number of likely N-dealkylation sites (N-methyl/N-ethyl adjacent to an activating group) is 1. The lowest BCUT2D eigenvalue weighted by Gasteiger charge is -2.30. The minimum Gasteiger partial charge on any atom is -0.357 e. The van der Waals surface area contributed by atoms with Gasteiger partial charge in [-0.25, -0.2) is 0 Å². The van der Waals surface area contributed by atoms with E-state index in [2.05, 4.69) is 5.32 Å². The fourth-order valence-corrected chi connectivity index (χ4v) is 3.10. The molecule has 0 spiro atoms. The Morgan fingerprint density at radius 1 is 1.08 bits per heavy atom. The summed E-state index contributed by atoms with van der Waals surface area (Å²) in [5.74, 6) is -0.327. The highest BCUT2D eigenvalue weighted by atomic mass is 35.5.